The van der Waals surface area contributed by atoms with Crippen LogP contribution in [0, 0.1) is 0 Å². The number of aromatic amines is 1. The molecule has 0 amide bonds. The van der Waals surface area contributed by atoms with Gasteiger partial charge in [-0.2, -0.15) is 0 Å². The summed E-state index contributed by atoms with van der Waals surface area (Å²) in [5.41, 5.74) is 1.79. The summed E-state index contributed by atoms with van der Waals surface area (Å²) in [6, 6.07) is 5.25. The van der Waals surface area contributed by atoms with Gasteiger partial charge in [-0.25, -0.2) is 4.98 Å². The summed E-state index contributed by atoms with van der Waals surface area (Å²) < 4.78 is 5.04. The third kappa shape index (κ3) is 1.79. The van der Waals surface area contributed by atoms with Gasteiger partial charge in [-0.05, 0) is 18.2 Å². The first kappa shape index (κ1) is 10.7. The average Bonchev–Trinajstić information content (AvgIpc) is 2.77. The van der Waals surface area contributed by atoms with Crippen LogP contribution in [0.15, 0.2) is 24.5 Å². The highest BCUT2D eigenvalue weighted by molar-refractivity contribution is 6.32. The summed E-state index contributed by atoms with van der Waals surface area (Å²) in [5.74, 6) is 0.591. The lowest BCUT2D eigenvalue weighted by Gasteiger charge is -2.04. The topological polar surface area (TPSA) is 55.0 Å². The number of nitrogens with one attached hydrogen (secondary N) is 1. The third-order valence-corrected chi connectivity index (χ3v) is 2.51. The highest BCUT2D eigenvalue weighted by Crippen LogP contribution is 2.29. The van der Waals surface area contributed by atoms with E-state index < -0.39 is 0 Å². The Kier molecular flexibility index (Phi) is 2.92. The fourth-order valence-corrected chi connectivity index (χ4v) is 1.70. The number of nitrogens with zero attached hydrogens (tertiary/aromatic N) is 1. The molecule has 1 aromatic carbocycles. The van der Waals surface area contributed by atoms with E-state index in [1.165, 1.54) is 6.33 Å². The van der Waals surface area contributed by atoms with E-state index in [1.54, 1.807) is 25.3 Å². The normalized spacial score (nSPS) is 10.1. The van der Waals surface area contributed by atoms with Crippen molar-refractivity contribution >= 4 is 17.9 Å². The lowest BCUT2D eigenvalue weighted by atomic mass is 10.1. The van der Waals surface area contributed by atoms with Gasteiger partial charge in [0.15, 0.2) is 6.29 Å². The van der Waals surface area contributed by atoms with Crippen LogP contribution in [0.1, 0.15) is 10.5 Å². The van der Waals surface area contributed by atoms with Crippen LogP contribution >= 0.6 is 11.6 Å². The number of benzene rings is 1. The summed E-state index contributed by atoms with van der Waals surface area (Å²) in [6.07, 6.45) is 2.19. The molecular formula is C11H9ClN2O2. The standard InChI is InChI=1S/C11H9ClN2O2/c1-16-10-3-2-7(4-8(10)12)11-9(5-15)13-6-14-11/h2-6H,1H3,(H,13,14). The molecule has 0 atom stereocenters. The van der Waals surface area contributed by atoms with Gasteiger partial charge in [-0.3, -0.25) is 4.79 Å². The van der Waals surface area contributed by atoms with Gasteiger partial charge < -0.3 is 9.72 Å². The van der Waals surface area contributed by atoms with Crippen molar-refractivity contribution in [2.75, 3.05) is 7.11 Å². The van der Waals surface area contributed by atoms with Gasteiger partial charge in [0.2, 0.25) is 0 Å². The number of imidazole rings is 1. The van der Waals surface area contributed by atoms with Crippen LogP contribution < -0.4 is 4.74 Å². The van der Waals surface area contributed by atoms with E-state index in [9.17, 15) is 4.79 Å². The van der Waals surface area contributed by atoms with Crippen molar-refractivity contribution in [3.05, 3.63) is 35.2 Å². The number of aromatic nitrogens is 2. The fraction of sp³-hybridized carbons (Fsp3) is 0.0909. The van der Waals surface area contributed by atoms with Gasteiger partial charge in [-0.15, -0.1) is 0 Å². The van der Waals surface area contributed by atoms with Gasteiger partial charge in [0, 0.05) is 5.56 Å². The highest BCUT2D eigenvalue weighted by atomic mass is 35.5. The van der Waals surface area contributed by atoms with E-state index >= 15 is 0 Å². The maximum Gasteiger partial charge on any atom is 0.168 e. The second kappa shape index (κ2) is 4.37. The van der Waals surface area contributed by atoms with Crippen molar-refractivity contribution in [2.24, 2.45) is 0 Å². The largest absolute Gasteiger partial charge is 0.495 e. The van der Waals surface area contributed by atoms with Crippen molar-refractivity contribution in [3.63, 3.8) is 0 Å². The lowest BCUT2D eigenvalue weighted by molar-refractivity contribution is 0.112. The summed E-state index contributed by atoms with van der Waals surface area (Å²) in [4.78, 5) is 17.6. The molecule has 2 rings (SSSR count). The number of hydrogen-bond donors (Lipinski definition) is 1. The first-order valence-corrected chi connectivity index (χ1v) is 4.96. The van der Waals surface area contributed by atoms with E-state index in [1.807, 2.05) is 0 Å². The first-order chi connectivity index (χ1) is 7.76. The molecule has 4 nitrogen and oxygen atoms in total. The van der Waals surface area contributed by atoms with Crippen LogP contribution in [0.25, 0.3) is 11.3 Å². The molecule has 1 N–H and O–H groups in total. The monoisotopic (exact) mass is 236 g/mol. The van der Waals surface area contributed by atoms with E-state index in [-0.39, 0.29) is 0 Å². The molecule has 0 aliphatic carbocycles. The quantitative estimate of drug-likeness (QED) is 0.834. The number of carbonyl (C=O) groups is 1. The van der Waals surface area contributed by atoms with Crippen molar-refractivity contribution in [3.8, 4) is 17.0 Å². The third-order valence-electron chi connectivity index (χ3n) is 2.21. The minimum absolute atomic E-state index is 0.432. The van der Waals surface area contributed by atoms with Crippen molar-refractivity contribution in [2.45, 2.75) is 0 Å². The molecule has 1 aromatic heterocycles. The predicted molar refractivity (Wildman–Crippen MR) is 61.0 cm³/mol. The summed E-state index contributed by atoms with van der Waals surface area (Å²) in [5, 5.41) is 0.486. The van der Waals surface area contributed by atoms with Gasteiger partial charge in [-0.1, -0.05) is 11.6 Å². The molecular weight excluding hydrogens is 228 g/mol. The number of carbonyl (C=O) groups excluding carboxylic acids is 1. The molecule has 0 unspecified atom stereocenters. The summed E-state index contributed by atoms with van der Waals surface area (Å²) in [6.45, 7) is 0. The average molecular weight is 237 g/mol. The van der Waals surface area contributed by atoms with Crippen LogP contribution in [0.5, 0.6) is 5.75 Å². The number of H-pyrrole nitrogens is 1. The number of aldehydes is 1. The van der Waals surface area contributed by atoms with Gasteiger partial charge in [0.05, 0.1) is 24.2 Å². The molecule has 0 saturated carbocycles. The first-order valence-electron chi connectivity index (χ1n) is 4.58. The minimum Gasteiger partial charge on any atom is -0.495 e. The number of halogens is 1. The van der Waals surface area contributed by atoms with Crippen LogP contribution in [0.4, 0.5) is 0 Å². The predicted octanol–water partition coefficient (Wildman–Crippen LogP) is 2.55. The number of ether oxygens (including phenoxy) is 1. The molecule has 0 spiro atoms. The zero-order chi connectivity index (χ0) is 11.5. The maximum absolute atomic E-state index is 10.7. The molecule has 0 aliphatic rings. The second-order valence-corrected chi connectivity index (χ2v) is 3.54. The molecule has 0 aliphatic heterocycles. The van der Waals surface area contributed by atoms with Crippen molar-refractivity contribution in [1.29, 1.82) is 0 Å². The lowest BCUT2D eigenvalue weighted by Crippen LogP contribution is -1.88. The molecule has 82 valence electrons. The molecule has 0 bridgehead atoms. The molecule has 2 aromatic rings. The molecule has 1 heterocycles. The van der Waals surface area contributed by atoms with E-state index in [0.717, 1.165) is 11.8 Å². The Labute approximate surface area is 97.2 Å². The Bertz CT molecular complexity index is 522. The highest BCUT2D eigenvalue weighted by Gasteiger charge is 2.09. The smallest absolute Gasteiger partial charge is 0.168 e. The van der Waals surface area contributed by atoms with E-state index in [2.05, 4.69) is 9.97 Å². The van der Waals surface area contributed by atoms with Crippen molar-refractivity contribution in [1.82, 2.24) is 9.97 Å². The van der Waals surface area contributed by atoms with Gasteiger partial charge in [0.25, 0.3) is 0 Å². The fourth-order valence-electron chi connectivity index (χ4n) is 1.44. The van der Waals surface area contributed by atoms with Crippen LogP contribution in [0.3, 0.4) is 0 Å². The Morgan fingerprint density at radius 1 is 1.50 bits per heavy atom. The SMILES string of the molecule is COc1ccc(-c2nc[nH]c2C=O)cc1Cl. The van der Waals surface area contributed by atoms with Gasteiger partial charge in [0.1, 0.15) is 11.4 Å². The molecule has 0 saturated heterocycles. The Balaban J connectivity index is 2.49. The maximum atomic E-state index is 10.7. The molecule has 0 radical (unpaired) electrons. The summed E-state index contributed by atoms with van der Waals surface area (Å²) >= 11 is 5.99. The minimum atomic E-state index is 0.432. The Hall–Kier alpha value is -1.81. The van der Waals surface area contributed by atoms with Crippen LogP contribution in [-0.2, 0) is 0 Å². The second-order valence-electron chi connectivity index (χ2n) is 3.13. The van der Waals surface area contributed by atoms with E-state index in [4.69, 9.17) is 16.3 Å². The number of methoxy groups -OCH3 is 1. The molecule has 0 fully saturated rings. The number of hydrogen-bond acceptors (Lipinski definition) is 3. The van der Waals surface area contributed by atoms with Crippen LogP contribution in [0.2, 0.25) is 5.02 Å². The Morgan fingerprint density at radius 2 is 2.31 bits per heavy atom. The molecule has 16 heavy (non-hydrogen) atoms. The summed E-state index contributed by atoms with van der Waals surface area (Å²) in [7, 11) is 1.55. The number of rotatable bonds is 3. The van der Waals surface area contributed by atoms with E-state index in [0.29, 0.717) is 22.2 Å². The van der Waals surface area contributed by atoms with Gasteiger partial charge >= 0.3 is 0 Å². The van der Waals surface area contributed by atoms with Crippen molar-refractivity contribution < 1.29 is 9.53 Å². The zero-order valence-electron chi connectivity index (χ0n) is 8.53. The van der Waals surface area contributed by atoms with Crippen LogP contribution in [-0.4, -0.2) is 23.4 Å². The Morgan fingerprint density at radius 3 is 2.94 bits per heavy atom. The molecule has 5 heteroatoms. The zero-order valence-corrected chi connectivity index (χ0v) is 9.28.